The van der Waals surface area contributed by atoms with Gasteiger partial charge in [0.25, 0.3) is 11.7 Å². The lowest BCUT2D eigenvalue weighted by atomic mass is 9.95. The van der Waals surface area contributed by atoms with Gasteiger partial charge in [0.2, 0.25) is 0 Å². The van der Waals surface area contributed by atoms with E-state index in [0.717, 1.165) is 12.0 Å². The predicted molar refractivity (Wildman–Crippen MR) is 132 cm³/mol. The third-order valence-corrected chi connectivity index (χ3v) is 5.83. The van der Waals surface area contributed by atoms with Crippen LogP contribution in [0.1, 0.15) is 37.4 Å². The van der Waals surface area contributed by atoms with Gasteiger partial charge in [-0.05, 0) is 68.4 Å². The van der Waals surface area contributed by atoms with Crippen LogP contribution in [0.4, 0.5) is 0 Å². The van der Waals surface area contributed by atoms with Crippen molar-refractivity contribution in [1.82, 2.24) is 9.80 Å². The first-order valence-corrected chi connectivity index (χ1v) is 11.5. The molecule has 7 nitrogen and oxygen atoms in total. The summed E-state index contributed by atoms with van der Waals surface area (Å²) in [5.41, 5.74) is 1.24. The van der Waals surface area contributed by atoms with Crippen molar-refractivity contribution >= 4 is 17.4 Å². The number of ketones is 1. The van der Waals surface area contributed by atoms with Crippen LogP contribution in [0.25, 0.3) is 5.76 Å². The number of amides is 1. The summed E-state index contributed by atoms with van der Waals surface area (Å²) < 4.78 is 11.1. The van der Waals surface area contributed by atoms with Crippen LogP contribution in [-0.4, -0.2) is 67.5 Å². The molecule has 0 radical (unpaired) electrons. The molecule has 2 aromatic carbocycles. The van der Waals surface area contributed by atoms with Crippen molar-refractivity contribution in [2.24, 2.45) is 5.92 Å². The van der Waals surface area contributed by atoms with Gasteiger partial charge in [-0.25, -0.2) is 0 Å². The van der Waals surface area contributed by atoms with E-state index in [0.29, 0.717) is 42.7 Å². The van der Waals surface area contributed by atoms with E-state index < -0.39 is 17.7 Å². The maximum atomic E-state index is 13.1. The Morgan fingerprint density at radius 1 is 1.09 bits per heavy atom. The van der Waals surface area contributed by atoms with Crippen molar-refractivity contribution in [2.75, 3.05) is 40.9 Å². The van der Waals surface area contributed by atoms with Crippen LogP contribution in [0.2, 0.25) is 0 Å². The minimum absolute atomic E-state index is 0.0771. The van der Waals surface area contributed by atoms with E-state index in [4.69, 9.17) is 9.47 Å². The lowest BCUT2D eigenvalue weighted by molar-refractivity contribution is -0.140. The summed E-state index contributed by atoms with van der Waals surface area (Å²) in [5.74, 6) is 0.304. The van der Waals surface area contributed by atoms with Crippen LogP contribution >= 0.6 is 0 Å². The van der Waals surface area contributed by atoms with Gasteiger partial charge in [0.05, 0.1) is 25.3 Å². The number of likely N-dealkylation sites (tertiary alicyclic amines) is 1. The van der Waals surface area contributed by atoms with E-state index in [1.807, 2.05) is 43.3 Å². The minimum Gasteiger partial charge on any atom is -0.507 e. The molecular weight excluding hydrogens is 432 g/mol. The molecule has 0 saturated carbocycles. The van der Waals surface area contributed by atoms with E-state index in [2.05, 4.69) is 13.8 Å². The standard InChI is InChI=1S/C27H34N2O5/c1-18(2)13-16-34-22-8-6-7-20(17-22)24-23(25(30)19-9-11-21(33-5)12-10-19)26(31)27(32)29(24)15-14-28(3)4/h6-12,17-18,24,30H,13-16H2,1-5H3/b25-23+. The summed E-state index contributed by atoms with van der Waals surface area (Å²) in [6, 6.07) is 13.4. The van der Waals surface area contributed by atoms with Crippen LogP contribution in [-0.2, 0) is 9.59 Å². The molecule has 0 bridgehead atoms. The molecule has 34 heavy (non-hydrogen) atoms. The topological polar surface area (TPSA) is 79.3 Å². The molecule has 3 rings (SSSR count). The summed E-state index contributed by atoms with van der Waals surface area (Å²) in [6.45, 7) is 5.78. The number of Topliss-reactive ketones (excluding diaryl/α,β-unsaturated/α-hetero) is 1. The highest BCUT2D eigenvalue weighted by Crippen LogP contribution is 2.40. The molecule has 1 fully saturated rings. The largest absolute Gasteiger partial charge is 0.507 e. The van der Waals surface area contributed by atoms with Crippen LogP contribution in [0.5, 0.6) is 11.5 Å². The molecule has 1 aliphatic rings. The van der Waals surface area contributed by atoms with E-state index in [9.17, 15) is 14.7 Å². The zero-order valence-electron chi connectivity index (χ0n) is 20.6. The second-order valence-corrected chi connectivity index (χ2v) is 9.13. The Morgan fingerprint density at radius 3 is 2.41 bits per heavy atom. The van der Waals surface area contributed by atoms with Gasteiger partial charge >= 0.3 is 0 Å². The summed E-state index contributed by atoms with van der Waals surface area (Å²) >= 11 is 0. The molecule has 0 aliphatic carbocycles. The predicted octanol–water partition coefficient (Wildman–Crippen LogP) is 4.10. The fourth-order valence-corrected chi connectivity index (χ4v) is 3.86. The minimum atomic E-state index is -0.712. The highest BCUT2D eigenvalue weighted by molar-refractivity contribution is 6.46. The average molecular weight is 467 g/mol. The van der Waals surface area contributed by atoms with Gasteiger partial charge in [-0.3, -0.25) is 9.59 Å². The first-order chi connectivity index (χ1) is 16.2. The third kappa shape index (κ3) is 5.78. The van der Waals surface area contributed by atoms with E-state index in [1.165, 1.54) is 4.90 Å². The summed E-state index contributed by atoms with van der Waals surface area (Å²) in [5, 5.41) is 11.2. The highest BCUT2D eigenvalue weighted by atomic mass is 16.5. The summed E-state index contributed by atoms with van der Waals surface area (Å²) in [4.78, 5) is 29.7. The second kappa shape index (κ2) is 11.2. The quantitative estimate of drug-likeness (QED) is 0.323. The Labute approximate surface area is 201 Å². The second-order valence-electron chi connectivity index (χ2n) is 9.13. The van der Waals surface area contributed by atoms with Crippen LogP contribution in [0.15, 0.2) is 54.1 Å². The van der Waals surface area contributed by atoms with E-state index >= 15 is 0 Å². The molecule has 182 valence electrons. The number of hydrogen-bond acceptors (Lipinski definition) is 6. The zero-order chi connectivity index (χ0) is 24.8. The summed E-state index contributed by atoms with van der Waals surface area (Å²) in [7, 11) is 5.37. The molecule has 1 atom stereocenters. The molecular formula is C27H34N2O5. The Morgan fingerprint density at radius 2 is 1.79 bits per heavy atom. The molecule has 0 spiro atoms. The van der Waals surface area contributed by atoms with Gasteiger partial charge in [0.15, 0.2) is 0 Å². The maximum absolute atomic E-state index is 13.1. The molecule has 2 aromatic rings. The first kappa shape index (κ1) is 25.3. The Balaban J connectivity index is 2.05. The normalized spacial score (nSPS) is 17.6. The SMILES string of the molecule is COc1ccc(/C(O)=C2\C(=O)C(=O)N(CCN(C)C)C2c2cccc(OCCC(C)C)c2)cc1. The number of ether oxygens (including phenoxy) is 2. The lowest BCUT2D eigenvalue weighted by Gasteiger charge is -2.27. The number of aliphatic hydroxyl groups is 1. The smallest absolute Gasteiger partial charge is 0.295 e. The van der Waals surface area contributed by atoms with Crippen LogP contribution in [0, 0.1) is 5.92 Å². The number of methoxy groups -OCH3 is 1. The van der Waals surface area contributed by atoms with Crippen molar-refractivity contribution < 1.29 is 24.2 Å². The molecule has 1 N–H and O–H groups in total. The number of carbonyl (C=O) groups is 2. The molecule has 1 saturated heterocycles. The fourth-order valence-electron chi connectivity index (χ4n) is 3.86. The fraction of sp³-hybridized carbons (Fsp3) is 0.407. The zero-order valence-corrected chi connectivity index (χ0v) is 20.6. The van der Waals surface area contributed by atoms with Gasteiger partial charge in [0, 0.05) is 18.7 Å². The van der Waals surface area contributed by atoms with Gasteiger partial charge in [0.1, 0.15) is 17.3 Å². The van der Waals surface area contributed by atoms with Crippen LogP contribution in [0.3, 0.4) is 0 Å². The van der Waals surface area contributed by atoms with E-state index in [1.54, 1.807) is 31.4 Å². The number of likely N-dealkylation sites (N-methyl/N-ethyl adjacent to an activating group) is 1. The molecule has 1 aliphatic heterocycles. The van der Waals surface area contributed by atoms with Crippen molar-refractivity contribution in [2.45, 2.75) is 26.3 Å². The average Bonchev–Trinajstić information content (AvgIpc) is 3.07. The van der Waals surface area contributed by atoms with Gasteiger partial charge < -0.3 is 24.4 Å². The lowest BCUT2D eigenvalue weighted by Crippen LogP contribution is -2.35. The number of rotatable bonds is 10. The maximum Gasteiger partial charge on any atom is 0.295 e. The van der Waals surface area contributed by atoms with Crippen LogP contribution < -0.4 is 9.47 Å². The number of aliphatic hydroxyl groups excluding tert-OH is 1. The molecule has 1 heterocycles. The monoisotopic (exact) mass is 466 g/mol. The first-order valence-electron chi connectivity index (χ1n) is 11.5. The Kier molecular flexibility index (Phi) is 8.34. The number of benzene rings is 2. The number of nitrogens with zero attached hydrogens (tertiary/aromatic N) is 2. The van der Waals surface area contributed by atoms with Crippen molar-refractivity contribution in [3.8, 4) is 11.5 Å². The molecule has 1 unspecified atom stereocenters. The molecule has 0 aromatic heterocycles. The Bertz CT molecular complexity index is 1040. The number of carbonyl (C=O) groups excluding carboxylic acids is 2. The molecule has 7 heteroatoms. The van der Waals surface area contributed by atoms with Gasteiger partial charge in [-0.15, -0.1) is 0 Å². The highest BCUT2D eigenvalue weighted by Gasteiger charge is 2.46. The summed E-state index contributed by atoms with van der Waals surface area (Å²) in [6.07, 6.45) is 0.920. The van der Waals surface area contributed by atoms with Gasteiger partial charge in [-0.1, -0.05) is 26.0 Å². The van der Waals surface area contributed by atoms with E-state index in [-0.39, 0.29) is 11.3 Å². The molecule has 1 amide bonds. The van der Waals surface area contributed by atoms with Crippen molar-refractivity contribution in [3.63, 3.8) is 0 Å². The number of hydrogen-bond donors (Lipinski definition) is 1. The van der Waals surface area contributed by atoms with Crippen molar-refractivity contribution in [3.05, 3.63) is 65.2 Å². The third-order valence-electron chi connectivity index (χ3n) is 5.83. The van der Waals surface area contributed by atoms with Crippen molar-refractivity contribution in [1.29, 1.82) is 0 Å². The Hall–Kier alpha value is -3.32. The van der Waals surface area contributed by atoms with Gasteiger partial charge in [-0.2, -0.15) is 0 Å².